The predicted octanol–water partition coefficient (Wildman–Crippen LogP) is 4.79. The van der Waals surface area contributed by atoms with Crippen molar-refractivity contribution in [3.8, 4) is 0 Å². The van der Waals surface area contributed by atoms with Gasteiger partial charge >= 0.3 is 6.96 Å². The van der Waals surface area contributed by atoms with Gasteiger partial charge in [0.1, 0.15) is 0 Å². The minimum Gasteiger partial charge on any atom is -0.512 e. The summed E-state index contributed by atoms with van der Waals surface area (Å²) < 4.78 is 26.0. The molecule has 2 fully saturated rings. The van der Waals surface area contributed by atoms with Gasteiger partial charge in [-0.2, -0.15) is 25.3 Å². The summed E-state index contributed by atoms with van der Waals surface area (Å²) >= 11 is 8.73. The van der Waals surface area contributed by atoms with Crippen LogP contribution < -0.4 is 0 Å². The maximum absolute atomic E-state index is 6.52. The SMILES string of the molecule is CCC1(C)O[B-]2(OC(C)(CC)C(C)(CCCS)O2)OC1(C)CCCS. The van der Waals surface area contributed by atoms with Gasteiger partial charge in [-0.25, -0.2) is 0 Å². The maximum atomic E-state index is 6.52. The van der Waals surface area contributed by atoms with Crippen LogP contribution in [0, 0.1) is 0 Å². The molecule has 1 spiro atoms. The zero-order chi connectivity index (χ0) is 19.0. The molecule has 4 unspecified atom stereocenters. The van der Waals surface area contributed by atoms with Gasteiger partial charge in [0.25, 0.3) is 0 Å². The van der Waals surface area contributed by atoms with Crippen LogP contribution in [0.3, 0.4) is 0 Å². The second kappa shape index (κ2) is 7.55. The van der Waals surface area contributed by atoms with E-state index in [4.69, 9.17) is 18.6 Å². The summed E-state index contributed by atoms with van der Waals surface area (Å²) in [5.74, 6) is 1.65. The second-order valence-corrected chi connectivity index (χ2v) is 9.23. The van der Waals surface area contributed by atoms with Crippen molar-refractivity contribution >= 4 is 32.2 Å². The van der Waals surface area contributed by atoms with Crippen LogP contribution in [-0.2, 0) is 18.6 Å². The van der Waals surface area contributed by atoms with Gasteiger partial charge in [0, 0.05) is 0 Å². The third kappa shape index (κ3) is 3.66. The van der Waals surface area contributed by atoms with Crippen LogP contribution in [0.2, 0.25) is 0 Å². The first kappa shape index (κ1) is 21.9. The Kier molecular flexibility index (Phi) is 6.62. The van der Waals surface area contributed by atoms with E-state index in [1.54, 1.807) is 0 Å². The Labute approximate surface area is 164 Å². The average Bonchev–Trinajstić information content (AvgIpc) is 2.91. The van der Waals surface area contributed by atoms with Crippen LogP contribution in [0.25, 0.3) is 0 Å². The third-order valence-corrected chi connectivity index (χ3v) is 7.46. The summed E-state index contributed by atoms with van der Waals surface area (Å²) in [6.45, 7) is 10.5. The van der Waals surface area contributed by atoms with E-state index in [2.05, 4.69) is 66.8 Å². The minimum absolute atomic E-state index is 0.445. The van der Waals surface area contributed by atoms with Crippen molar-refractivity contribution in [2.75, 3.05) is 11.5 Å². The van der Waals surface area contributed by atoms with E-state index >= 15 is 0 Å². The summed E-state index contributed by atoms with van der Waals surface area (Å²) in [5, 5.41) is 0. The molecular formula is C18H36BO4S2-. The highest BCUT2D eigenvalue weighted by atomic mass is 32.1. The molecule has 0 bridgehead atoms. The number of rotatable bonds is 8. The predicted molar refractivity (Wildman–Crippen MR) is 110 cm³/mol. The molecule has 2 aliphatic heterocycles. The van der Waals surface area contributed by atoms with E-state index in [0.717, 1.165) is 50.0 Å². The van der Waals surface area contributed by atoms with Crippen molar-refractivity contribution < 1.29 is 18.6 Å². The summed E-state index contributed by atoms with van der Waals surface area (Å²) in [7, 11) is 0. The monoisotopic (exact) mass is 391 g/mol. The standard InChI is InChI=1S/C18H36BO4S2/c1-7-15(3)17(5,11-9-13-24)22-19(20-15)21-16(4,8-2)18(6,23-19)12-10-14-25/h24-25H,7-14H2,1-6H3/q-1. The van der Waals surface area contributed by atoms with Crippen LogP contribution in [0.4, 0.5) is 0 Å². The first-order chi connectivity index (χ1) is 11.6. The van der Waals surface area contributed by atoms with E-state index in [9.17, 15) is 0 Å². The lowest BCUT2D eigenvalue weighted by atomic mass is 9.81. The van der Waals surface area contributed by atoms with Crippen molar-refractivity contribution in [2.24, 2.45) is 0 Å². The highest BCUT2D eigenvalue weighted by Crippen LogP contribution is 2.55. The molecule has 0 amide bonds. The molecule has 2 heterocycles. The Morgan fingerprint density at radius 2 is 0.960 bits per heavy atom. The molecule has 4 nitrogen and oxygen atoms in total. The third-order valence-electron chi connectivity index (χ3n) is 6.83. The molecule has 2 saturated heterocycles. The Morgan fingerprint density at radius 3 is 1.24 bits per heavy atom. The topological polar surface area (TPSA) is 36.9 Å². The molecule has 2 rings (SSSR count). The van der Waals surface area contributed by atoms with Crippen LogP contribution in [0.1, 0.15) is 80.1 Å². The Bertz CT molecular complexity index is 440. The number of thiol groups is 2. The fourth-order valence-electron chi connectivity index (χ4n) is 4.31. The Balaban J connectivity index is 2.33. The quantitative estimate of drug-likeness (QED) is 0.461. The van der Waals surface area contributed by atoms with E-state index in [1.807, 2.05) is 0 Å². The van der Waals surface area contributed by atoms with Crippen molar-refractivity contribution in [2.45, 2.75) is 102 Å². The first-order valence-corrected chi connectivity index (χ1v) is 11.0. The minimum atomic E-state index is -2.22. The summed E-state index contributed by atoms with van der Waals surface area (Å²) in [4.78, 5) is 0. The number of hydrogen-bond donors (Lipinski definition) is 2. The molecule has 0 aromatic carbocycles. The number of hydrogen-bond acceptors (Lipinski definition) is 6. The molecule has 0 radical (unpaired) electrons. The zero-order valence-corrected chi connectivity index (χ0v) is 18.6. The molecule has 4 atom stereocenters. The van der Waals surface area contributed by atoms with Crippen molar-refractivity contribution in [3.05, 3.63) is 0 Å². The lowest BCUT2D eigenvalue weighted by Gasteiger charge is -2.42. The average molecular weight is 391 g/mol. The van der Waals surface area contributed by atoms with Gasteiger partial charge in [-0.15, -0.1) is 0 Å². The molecular weight excluding hydrogens is 355 g/mol. The molecule has 2 aliphatic rings. The van der Waals surface area contributed by atoms with E-state index in [-0.39, 0.29) is 0 Å². The van der Waals surface area contributed by atoms with Gasteiger partial charge in [0.15, 0.2) is 0 Å². The highest BCUT2D eigenvalue weighted by Gasteiger charge is 2.66. The summed E-state index contributed by atoms with van der Waals surface area (Å²) in [6.07, 6.45) is 5.34. The van der Waals surface area contributed by atoms with Gasteiger partial charge in [-0.1, -0.05) is 13.8 Å². The van der Waals surface area contributed by atoms with Gasteiger partial charge in [0.05, 0.1) is 22.4 Å². The van der Waals surface area contributed by atoms with Crippen molar-refractivity contribution in [3.63, 3.8) is 0 Å². The Morgan fingerprint density at radius 1 is 0.640 bits per heavy atom. The van der Waals surface area contributed by atoms with Crippen LogP contribution in [0.5, 0.6) is 0 Å². The van der Waals surface area contributed by atoms with Gasteiger partial charge in [0.2, 0.25) is 0 Å². The molecule has 0 saturated carbocycles. The van der Waals surface area contributed by atoms with Gasteiger partial charge in [-0.3, -0.25) is 0 Å². The Hall–Kier alpha value is 0.605. The van der Waals surface area contributed by atoms with Crippen LogP contribution in [-0.4, -0.2) is 40.9 Å². The summed E-state index contributed by atoms with van der Waals surface area (Å²) in [5.41, 5.74) is -1.79. The fourth-order valence-corrected chi connectivity index (χ4v) is 4.63. The summed E-state index contributed by atoms with van der Waals surface area (Å²) in [6, 6.07) is 0. The fraction of sp³-hybridized carbons (Fsp3) is 1.00. The van der Waals surface area contributed by atoms with Crippen molar-refractivity contribution in [1.29, 1.82) is 0 Å². The largest absolute Gasteiger partial charge is 0.533 e. The molecule has 25 heavy (non-hydrogen) atoms. The lowest BCUT2D eigenvalue weighted by Crippen LogP contribution is -2.46. The maximum Gasteiger partial charge on any atom is 0.533 e. The van der Waals surface area contributed by atoms with Crippen LogP contribution in [0.15, 0.2) is 0 Å². The second-order valence-electron chi connectivity index (χ2n) is 8.33. The molecule has 7 heteroatoms. The van der Waals surface area contributed by atoms with E-state index in [0.29, 0.717) is 0 Å². The molecule has 0 aromatic rings. The lowest BCUT2D eigenvalue weighted by molar-refractivity contribution is -0.0317. The molecule has 0 aliphatic carbocycles. The van der Waals surface area contributed by atoms with E-state index in [1.165, 1.54) is 0 Å². The molecule has 0 N–H and O–H groups in total. The van der Waals surface area contributed by atoms with Crippen molar-refractivity contribution in [1.82, 2.24) is 0 Å². The zero-order valence-electron chi connectivity index (χ0n) is 16.8. The van der Waals surface area contributed by atoms with E-state index < -0.39 is 29.4 Å². The van der Waals surface area contributed by atoms with Gasteiger partial charge in [-0.05, 0) is 77.7 Å². The normalized spacial score (nSPS) is 47.0. The van der Waals surface area contributed by atoms with Gasteiger partial charge < -0.3 is 18.6 Å². The first-order valence-electron chi connectivity index (χ1n) is 9.72. The molecule has 0 aromatic heterocycles. The van der Waals surface area contributed by atoms with Crippen LogP contribution >= 0.6 is 25.3 Å². The smallest absolute Gasteiger partial charge is 0.512 e. The highest BCUT2D eigenvalue weighted by molar-refractivity contribution is 7.80. The molecule has 148 valence electrons.